The quantitative estimate of drug-likeness (QED) is 0.817. The molecule has 5 atom stereocenters. The van der Waals surface area contributed by atoms with Crippen LogP contribution in [0.25, 0.3) is 0 Å². The minimum absolute atomic E-state index is 0.0332. The molecule has 28 heavy (non-hydrogen) atoms. The standard InChI is InChI=1S/C23H24N2O3/c1-23(2,3)25-19-15-7-5-6-8-16(15)20(25)18-17(19)21(26)24(22(18)27)13-9-11-14(28-4)12-10-13/h5-12,17-20H,1-4H3/p+1/t17-,18+,19-,20+. The second-order valence-corrected chi connectivity index (χ2v) is 9.05. The molecule has 5 heteroatoms. The number of rotatable bonds is 2. The van der Waals surface area contributed by atoms with E-state index in [0.717, 1.165) is 0 Å². The summed E-state index contributed by atoms with van der Waals surface area (Å²) < 4.78 is 5.21. The highest BCUT2D eigenvalue weighted by Gasteiger charge is 2.71. The van der Waals surface area contributed by atoms with Crippen molar-refractivity contribution in [3.05, 3.63) is 59.7 Å². The molecule has 3 aliphatic heterocycles. The van der Waals surface area contributed by atoms with Crippen LogP contribution in [0, 0.1) is 11.8 Å². The number of amides is 2. The fourth-order valence-corrected chi connectivity index (χ4v) is 5.71. The molecule has 0 aromatic heterocycles. The fourth-order valence-electron chi connectivity index (χ4n) is 5.71. The normalized spacial score (nSPS) is 30.6. The van der Waals surface area contributed by atoms with Crippen LogP contribution in [0.2, 0.25) is 0 Å². The molecule has 2 saturated heterocycles. The first-order valence-electron chi connectivity index (χ1n) is 9.82. The van der Waals surface area contributed by atoms with Crippen molar-refractivity contribution in [2.75, 3.05) is 12.0 Å². The first-order chi connectivity index (χ1) is 13.3. The minimum Gasteiger partial charge on any atom is -0.497 e. The Morgan fingerprint density at radius 1 is 0.857 bits per heavy atom. The van der Waals surface area contributed by atoms with Gasteiger partial charge in [0.05, 0.1) is 18.3 Å². The largest absolute Gasteiger partial charge is 0.497 e. The monoisotopic (exact) mass is 377 g/mol. The summed E-state index contributed by atoms with van der Waals surface area (Å²) in [7, 11) is 1.60. The van der Waals surface area contributed by atoms with Gasteiger partial charge in [0.2, 0.25) is 11.8 Å². The Kier molecular flexibility index (Phi) is 3.53. The summed E-state index contributed by atoms with van der Waals surface area (Å²) in [5.74, 6) is -0.000779. The number of carbonyl (C=O) groups excluding carboxylic acids is 2. The molecule has 5 rings (SSSR count). The van der Waals surface area contributed by atoms with Gasteiger partial charge in [0.15, 0.2) is 0 Å². The molecule has 2 fully saturated rings. The summed E-state index contributed by atoms with van der Waals surface area (Å²) in [6.07, 6.45) is 0. The Labute approximate surface area is 164 Å². The number of hydrogen-bond acceptors (Lipinski definition) is 3. The van der Waals surface area contributed by atoms with Crippen LogP contribution >= 0.6 is 0 Å². The van der Waals surface area contributed by atoms with Crippen molar-refractivity contribution in [1.82, 2.24) is 0 Å². The maximum atomic E-state index is 13.5. The molecule has 1 unspecified atom stereocenters. The van der Waals surface area contributed by atoms with Gasteiger partial charge in [0.25, 0.3) is 0 Å². The van der Waals surface area contributed by atoms with Crippen molar-refractivity contribution in [1.29, 1.82) is 0 Å². The Morgan fingerprint density at radius 3 is 1.79 bits per heavy atom. The Bertz CT molecular complexity index is 927. The van der Waals surface area contributed by atoms with Gasteiger partial charge in [-0.1, -0.05) is 24.3 Å². The topological polar surface area (TPSA) is 51.0 Å². The SMILES string of the molecule is COc1ccc(N2C(=O)[C@@H]3[C@H](C2=O)[C@@H]2c4ccccc4[C@H]3[NH+]2C(C)(C)C)cc1. The van der Waals surface area contributed by atoms with E-state index in [2.05, 4.69) is 32.9 Å². The van der Waals surface area contributed by atoms with Gasteiger partial charge < -0.3 is 9.64 Å². The molecular formula is C23H25N2O3+. The zero-order valence-corrected chi connectivity index (χ0v) is 16.6. The lowest BCUT2D eigenvalue weighted by molar-refractivity contribution is -0.986. The van der Waals surface area contributed by atoms with E-state index in [0.29, 0.717) is 11.4 Å². The van der Waals surface area contributed by atoms with Crippen LogP contribution in [-0.2, 0) is 9.59 Å². The fraction of sp³-hybridized carbons (Fsp3) is 0.391. The zero-order valence-electron chi connectivity index (χ0n) is 16.6. The second kappa shape index (κ2) is 5.67. The maximum Gasteiger partial charge on any atom is 0.244 e. The molecular weight excluding hydrogens is 352 g/mol. The molecule has 2 bridgehead atoms. The maximum absolute atomic E-state index is 13.5. The van der Waals surface area contributed by atoms with Crippen LogP contribution in [0.3, 0.4) is 0 Å². The highest BCUT2D eigenvalue weighted by Crippen LogP contribution is 2.54. The molecule has 5 nitrogen and oxygen atoms in total. The van der Waals surface area contributed by atoms with E-state index in [9.17, 15) is 9.59 Å². The van der Waals surface area contributed by atoms with E-state index < -0.39 is 0 Å². The van der Waals surface area contributed by atoms with E-state index in [1.807, 2.05) is 12.1 Å². The number of ether oxygens (including phenoxy) is 1. The van der Waals surface area contributed by atoms with E-state index in [-0.39, 0.29) is 41.3 Å². The van der Waals surface area contributed by atoms with Crippen LogP contribution in [0.15, 0.2) is 48.5 Å². The van der Waals surface area contributed by atoms with Crippen molar-refractivity contribution < 1.29 is 19.2 Å². The van der Waals surface area contributed by atoms with Gasteiger partial charge >= 0.3 is 0 Å². The van der Waals surface area contributed by atoms with Gasteiger partial charge in [-0.2, -0.15) is 0 Å². The van der Waals surface area contributed by atoms with Gasteiger partial charge in [-0.15, -0.1) is 0 Å². The van der Waals surface area contributed by atoms with Crippen LogP contribution in [-0.4, -0.2) is 24.5 Å². The first kappa shape index (κ1) is 17.4. The number of nitrogens with zero attached hydrogens (tertiary/aromatic N) is 1. The number of nitrogens with one attached hydrogen (secondary N) is 1. The number of imide groups is 1. The third-order valence-corrected chi connectivity index (χ3v) is 6.65. The van der Waals surface area contributed by atoms with Crippen LogP contribution in [0.1, 0.15) is 44.0 Å². The number of carbonyl (C=O) groups is 2. The van der Waals surface area contributed by atoms with Crippen molar-refractivity contribution in [2.45, 2.75) is 38.4 Å². The lowest BCUT2D eigenvalue weighted by Gasteiger charge is -2.35. The average molecular weight is 377 g/mol. The molecule has 0 radical (unpaired) electrons. The number of hydrogen-bond donors (Lipinski definition) is 1. The zero-order chi connectivity index (χ0) is 19.8. The predicted molar refractivity (Wildman–Crippen MR) is 105 cm³/mol. The van der Waals surface area contributed by atoms with Crippen LogP contribution in [0.5, 0.6) is 5.75 Å². The van der Waals surface area contributed by atoms with E-state index in [1.165, 1.54) is 20.9 Å². The average Bonchev–Trinajstić information content (AvgIpc) is 3.28. The summed E-state index contributed by atoms with van der Waals surface area (Å²) in [5, 5.41) is 0. The summed E-state index contributed by atoms with van der Waals surface area (Å²) >= 11 is 0. The number of methoxy groups -OCH3 is 1. The van der Waals surface area contributed by atoms with E-state index in [4.69, 9.17) is 4.74 Å². The van der Waals surface area contributed by atoms with Crippen molar-refractivity contribution in [3.8, 4) is 5.75 Å². The molecule has 0 spiro atoms. The summed E-state index contributed by atoms with van der Waals surface area (Å²) in [6.45, 7) is 6.60. The van der Waals surface area contributed by atoms with Gasteiger partial charge in [0, 0.05) is 11.1 Å². The first-order valence-corrected chi connectivity index (χ1v) is 9.82. The molecule has 0 saturated carbocycles. The summed E-state index contributed by atoms with van der Waals surface area (Å²) in [6, 6.07) is 15.6. The van der Waals surface area contributed by atoms with E-state index in [1.54, 1.807) is 31.4 Å². The molecule has 3 aliphatic rings. The third-order valence-electron chi connectivity index (χ3n) is 6.65. The Morgan fingerprint density at radius 2 is 1.36 bits per heavy atom. The summed E-state index contributed by atoms with van der Waals surface area (Å²) in [5.41, 5.74) is 3.04. The second-order valence-electron chi connectivity index (χ2n) is 9.05. The molecule has 144 valence electrons. The number of anilines is 1. The van der Waals surface area contributed by atoms with Crippen molar-refractivity contribution in [3.63, 3.8) is 0 Å². The minimum atomic E-state index is -0.288. The predicted octanol–water partition coefficient (Wildman–Crippen LogP) is 2.29. The Hall–Kier alpha value is -2.66. The summed E-state index contributed by atoms with van der Waals surface area (Å²) in [4.78, 5) is 29.7. The number of fused-ring (bicyclic) bond motifs is 8. The van der Waals surface area contributed by atoms with Crippen LogP contribution in [0.4, 0.5) is 5.69 Å². The molecule has 2 aromatic rings. The molecule has 1 N–H and O–H groups in total. The number of quaternary nitrogens is 1. The molecule has 3 heterocycles. The van der Waals surface area contributed by atoms with Crippen LogP contribution < -0.4 is 14.5 Å². The molecule has 2 amide bonds. The molecule has 0 aliphatic carbocycles. The smallest absolute Gasteiger partial charge is 0.244 e. The Balaban J connectivity index is 1.60. The highest BCUT2D eigenvalue weighted by molar-refractivity contribution is 6.23. The van der Waals surface area contributed by atoms with Crippen molar-refractivity contribution >= 4 is 17.5 Å². The van der Waals surface area contributed by atoms with Gasteiger partial charge in [-0.25, -0.2) is 4.90 Å². The lowest BCUT2D eigenvalue weighted by atomic mass is 9.77. The third kappa shape index (κ3) is 2.11. The van der Waals surface area contributed by atoms with Gasteiger partial charge in [-0.05, 0) is 45.0 Å². The van der Waals surface area contributed by atoms with Crippen molar-refractivity contribution in [2.24, 2.45) is 11.8 Å². The van der Waals surface area contributed by atoms with Gasteiger partial charge in [0.1, 0.15) is 29.7 Å². The van der Waals surface area contributed by atoms with E-state index >= 15 is 0 Å². The highest BCUT2D eigenvalue weighted by atomic mass is 16.5. The molecule has 2 aromatic carbocycles. The number of benzene rings is 2. The van der Waals surface area contributed by atoms with Gasteiger partial charge in [-0.3, -0.25) is 9.59 Å². The lowest BCUT2D eigenvalue weighted by Crippen LogP contribution is -3.16.